The molecule has 18 heavy (non-hydrogen) atoms. The number of hydrogen-bond acceptors (Lipinski definition) is 4. The molecule has 5 nitrogen and oxygen atoms in total. The lowest BCUT2D eigenvalue weighted by atomic mass is 9.80. The lowest BCUT2D eigenvalue weighted by Gasteiger charge is -2.25. The molecule has 0 amide bonds. The Morgan fingerprint density at radius 3 is 2.50 bits per heavy atom. The van der Waals surface area contributed by atoms with Gasteiger partial charge in [-0.2, -0.15) is 5.10 Å². The van der Waals surface area contributed by atoms with Gasteiger partial charge in [0.1, 0.15) is 0 Å². The standard InChI is InChI=1S/C13H25N3O2/c1-13(2,3)15-14-9-12(10-16(17)18)11-7-5-4-6-8-11/h9,11-12,15H,4-8,10H2,1-3H3/b14-9+/t12-/m1/s1. The number of nitrogens with one attached hydrogen (secondary N) is 1. The van der Waals surface area contributed by atoms with Crippen molar-refractivity contribution < 1.29 is 4.92 Å². The minimum Gasteiger partial charge on any atom is -0.305 e. The molecule has 1 saturated carbocycles. The van der Waals surface area contributed by atoms with Crippen LogP contribution >= 0.6 is 0 Å². The Morgan fingerprint density at radius 1 is 1.39 bits per heavy atom. The normalized spacial score (nSPS) is 19.9. The summed E-state index contributed by atoms with van der Waals surface area (Å²) in [7, 11) is 0. The van der Waals surface area contributed by atoms with Crippen molar-refractivity contribution in [2.24, 2.45) is 16.9 Å². The van der Waals surface area contributed by atoms with Crippen LogP contribution in [-0.4, -0.2) is 23.2 Å². The van der Waals surface area contributed by atoms with Crippen molar-refractivity contribution in [2.45, 2.75) is 58.4 Å². The molecule has 0 spiro atoms. The molecule has 0 saturated heterocycles. The first kappa shape index (κ1) is 14.9. The molecule has 0 aliphatic heterocycles. The summed E-state index contributed by atoms with van der Waals surface area (Å²) in [4.78, 5) is 10.5. The number of rotatable bonds is 5. The third-order valence-corrected chi connectivity index (χ3v) is 3.28. The van der Waals surface area contributed by atoms with Crippen LogP contribution in [0.1, 0.15) is 52.9 Å². The Kier molecular flexibility index (Phi) is 5.56. The highest BCUT2D eigenvalue weighted by atomic mass is 16.6. The monoisotopic (exact) mass is 255 g/mol. The van der Waals surface area contributed by atoms with E-state index in [4.69, 9.17) is 0 Å². The number of nitrogens with zero attached hydrogens (tertiary/aromatic N) is 2. The lowest BCUT2D eigenvalue weighted by Crippen LogP contribution is -2.33. The second-order valence-electron chi connectivity index (χ2n) is 6.22. The first-order valence-corrected chi connectivity index (χ1v) is 6.80. The lowest BCUT2D eigenvalue weighted by molar-refractivity contribution is -0.486. The molecule has 1 N–H and O–H groups in total. The molecular formula is C13H25N3O2. The van der Waals surface area contributed by atoms with Gasteiger partial charge in [0.05, 0.1) is 5.92 Å². The summed E-state index contributed by atoms with van der Waals surface area (Å²) >= 11 is 0. The summed E-state index contributed by atoms with van der Waals surface area (Å²) in [6, 6.07) is 0. The highest BCUT2D eigenvalue weighted by Gasteiger charge is 2.26. The summed E-state index contributed by atoms with van der Waals surface area (Å²) in [5, 5.41) is 14.9. The zero-order valence-electron chi connectivity index (χ0n) is 11.7. The van der Waals surface area contributed by atoms with Crippen LogP contribution in [0, 0.1) is 22.0 Å². The SMILES string of the molecule is CC(C)(C)N/N=C/[C@H](C[N+](=O)[O-])C1CCCCC1. The summed E-state index contributed by atoms with van der Waals surface area (Å²) in [6.07, 6.45) is 7.60. The molecule has 1 fully saturated rings. The molecule has 5 heteroatoms. The van der Waals surface area contributed by atoms with Crippen LogP contribution in [0.5, 0.6) is 0 Å². The van der Waals surface area contributed by atoms with Crippen molar-refractivity contribution in [1.82, 2.24) is 5.43 Å². The fraction of sp³-hybridized carbons (Fsp3) is 0.923. The summed E-state index contributed by atoms with van der Waals surface area (Å²) in [5.74, 6) is 0.393. The molecule has 0 unspecified atom stereocenters. The average molecular weight is 255 g/mol. The highest BCUT2D eigenvalue weighted by Crippen LogP contribution is 2.29. The molecule has 0 aromatic heterocycles. The van der Waals surface area contributed by atoms with Crippen molar-refractivity contribution in [3.8, 4) is 0 Å². The van der Waals surface area contributed by atoms with Gasteiger partial charge in [0.25, 0.3) is 0 Å². The Bertz CT molecular complexity index is 291. The fourth-order valence-electron chi connectivity index (χ4n) is 2.38. The predicted octanol–water partition coefficient (Wildman–Crippen LogP) is 2.83. The van der Waals surface area contributed by atoms with Gasteiger partial charge >= 0.3 is 0 Å². The first-order valence-electron chi connectivity index (χ1n) is 6.80. The largest absolute Gasteiger partial charge is 0.305 e. The van der Waals surface area contributed by atoms with Crippen LogP contribution in [0.3, 0.4) is 0 Å². The first-order chi connectivity index (χ1) is 8.38. The molecule has 0 bridgehead atoms. The third kappa shape index (κ3) is 5.98. The van der Waals surface area contributed by atoms with Gasteiger partial charge in [-0.05, 0) is 39.5 Å². The van der Waals surface area contributed by atoms with E-state index in [1.165, 1.54) is 19.3 Å². The van der Waals surface area contributed by atoms with E-state index in [-0.39, 0.29) is 22.9 Å². The van der Waals surface area contributed by atoms with E-state index >= 15 is 0 Å². The number of hydrazone groups is 1. The maximum atomic E-state index is 10.7. The smallest absolute Gasteiger partial charge is 0.211 e. The third-order valence-electron chi connectivity index (χ3n) is 3.28. The maximum absolute atomic E-state index is 10.7. The summed E-state index contributed by atoms with van der Waals surface area (Å²) in [5.41, 5.74) is 2.92. The summed E-state index contributed by atoms with van der Waals surface area (Å²) in [6.45, 7) is 6.06. The van der Waals surface area contributed by atoms with Gasteiger partial charge in [0.2, 0.25) is 6.54 Å². The van der Waals surface area contributed by atoms with Gasteiger partial charge < -0.3 is 5.43 Å². The Morgan fingerprint density at radius 2 is 2.00 bits per heavy atom. The van der Waals surface area contributed by atoms with E-state index in [1.54, 1.807) is 6.21 Å². The van der Waals surface area contributed by atoms with Crippen LogP contribution in [-0.2, 0) is 0 Å². The molecular weight excluding hydrogens is 230 g/mol. The van der Waals surface area contributed by atoms with Crippen LogP contribution in [0.2, 0.25) is 0 Å². The van der Waals surface area contributed by atoms with E-state index in [2.05, 4.69) is 10.5 Å². The van der Waals surface area contributed by atoms with Crippen LogP contribution < -0.4 is 5.43 Å². The topological polar surface area (TPSA) is 67.5 Å². The van der Waals surface area contributed by atoms with E-state index in [0.29, 0.717) is 5.92 Å². The minimum atomic E-state index is -0.220. The molecule has 0 aromatic rings. The van der Waals surface area contributed by atoms with E-state index in [1.807, 2.05) is 20.8 Å². The molecule has 0 heterocycles. The van der Waals surface area contributed by atoms with Crippen molar-refractivity contribution in [1.29, 1.82) is 0 Å². The van der Waals surface area contributed by atoms with E-state index < -0.39 is 0 Å². The number of hydrogen-bond donors (Lipinski definition) is 1. The van der Waals surface area contributed by atoms with Crippen LogP contribution in [0.15, 0.2) is 5.10 Å². The van der Waals surface area contributed by atoms with Crippen molar-refractivity contribution >= 4 is 6.21 Å². The van der Waals surface area contributed by atoms with Gasteiger partial charge in [0.15, 0.2) is 0 Å². The highest BCUT2D eigenvalue weighted by molar-refractivity contribution is 5.61. The van der Waals surface area contributed by atoms with Crippen molar-refractivity contribution in [3.63, 3.8) is 0 Å². The Balaban J connectivity index is 2.56. The molecule has 104 valence electrons. The predicted molar refractivity (Wildman–Crippen MR) is 73.3 cm³/mol. The number of nitro groups is 1. The van der Waals surface area contributed by atoms with Crippen LogP contribution in [0.25, 0.3) is 0 Å². The van der Waals surface area contributed by atoms with Crippen molar-refractivity contribution in [3.05, 3.63) is 10.1 Å². The summed E-state index contributed by atoms with van der Waals surface area (Å²) < 4.78 is 0. The van der Waals surface area contributed by atoms with Crippen LogP contribution in [0.4, 0.5) is 0 Å². The molecule has 0 radical (unpaired) electrons. The Hall–Kier alpha value is -1.13. The Labute approximate surface area is 109 Å². The average Bonchev–Trinajstić information content (AvgIpc) is 2.27. The molecule has 1 aliphatic rings. The molecule has 1 aliphatic carbocycles. The van der Waals surface area contributed by atoms with Gasteiger partial charge in [0, 0.05) is 16.7 Å². The van der Waals surface area contributed by atoms with E-state index in [9.17, 15) is 10.1 Å². The second kappa shape index (κ2) is 6.71. The zero-order valence-corrected chi connectivity index (χ0v) is 11.7. The fourth-order valence-corrected chi connectivity index (χ4v) is 2.38. The van der Waals surface area contributed by atoms with Gasteiger partial charge in [-0.1, -0.05) is 19.3 Å². The van der Waals surface area contributed by atoms with Crippen molar-refractivity contribution in [2.75, 3.05) is 6.54 Å². The minimum absolute atomic E-state index is 0.0000104. The van der Waals surface area contributed by atoms with Gasteiger partial charge in [-0.25, -0.2) is 0 Å². The maximum Gasteiger partial charge on any atom is 0.211 e. The molecule has 1 rings (SSSR count). The molecule has 1 atom stereocenters. The second-order valence-corrected chi connectivity index (χ2v) is 6.22. The van der Waals surface area contributed by atoms with E-state index in [0.717, 1.165) is 12.8 Å². The van der Waals surface area contributed by atoms with Gasteiger partial charge in [-0.3, -0.25) is 10.1 Å². The van der Waals surface area contributed by atoms with Gasteiger partial charge in [-0.15, -0.1) is 0 Å². The molecule has 0 aromatic carbocycles. The quantitative estimate of drug-likeness (QED) is 0.466. The zero-order chi connectivity index (χ0) is 13.6.